The number of thiophene rings is 1. The largest absolute Gasteiger partial charge is 0.379 e. The van der Waals surface area contributed by atoms with Gasteiger partial charge in [-0.3, -0.25) is 4.79 Å². The molecule has 23 heavy (non-hydrogen) atoms. The molecule has 1 aliphatic rings. The van der Waals surface area contributed by atoms with Crippen molar-refractivity contribution in [1.82, 2.24) is 9.62 Å². The van der Waals surface area contributed by atoms with Gasteiger partial charge in [-0.2, -0.15) is 4.31 Å². The summed E-state index contributed by atoms with van der Waals surface area (Å²) in [6.45, 7) is 1.85. The summed E-state index contributed by atoms with van der Waals surface area (Å²) in [6.07, 6.45) is 3.24. The first kappa shape index (κ1) is 18.4. The molecule has 2 rings (SSSR count). The van der Waals surface area contributed by atoms with E-state index in [0.717, 1.165) is 19.3 Å². The van der Waals surface area contributed by atoms with Crippen molar-refractivity contribution in [2.75, 3.05) is 38.6 Å². The second kappa shape index (κ2) is 9.36. The first-order valence-electron chi connectivity index (χ1n) is 7.92. The van der Waals surface area contributed by atoms with Crippen LogP contribution in [0.15, 0.2) is 17.5 Å². The monoisotopic (exact) mass is 360 g/mol. The lowest BCUT2D eigenvalue weighted by atomic mass is 10.1. The number of amides is 1. The van der Waals surface area contributed by atoms with E-state index in [2.05, 4.69) is 16.8 Å². The number of rotatable bonds is 9. The summed E-state index contributed by atoms with van der Waals surface area (Å²) in [5.74, 6) is -0.123. The van der Waals surface area contributed by atoms with Crippen LogP contribution in [-0.2, 0) is 26.0 Å². The van der Waals surface area contributed by atoms with Crippen molar-refractivity contribution in [1.29, 1.82) is 0 Å². The van der Waals surface area contributed by atoms with Gasteiger partial charge in [0.2, 0.25) is 15.9 Å². The number of nitrogens with zero attached hydrogens (tertiary/aromatic N) is 1. The summed E-state index contributed by atoms with van der Waals surface area (Å²) in [5.41, 5.74) is 0. The van der Waals surface area contributed by atoms with Gasteiger partial charge in [-0.05, 0) is 30.7 Å². The maximum Gasteiger partial charge on any atom is 0.220 e. The van der Waals surface area contributed by atoms with Crippen molar-refractivity contribution in [3.63, 3.8) is 0 Å². The Labute approximate surface area is 141 Å². The number of carbonyl (C=O) groups excluding carboxylic acids is 1. The van der Waals surface area contributed by atoms with Gasteiger partial charge in [0.05, 0.1) is 19.0 Å². The molecule has 1 saturated heterocycles. The molecule has 0 aliphatic carbocycles. The minimum absolute atomic E-state index is 0.0477. The number of carbonyl (C=O) groups is 1. The molecule has 0 saturated carbocycles. The molecule has 0 bridgehead atoms. The highest BCUT2D eigenvalue weighted by molar-refractivity contribution is 7.89. The van der Waals surface area contributed by atoms with Crippen molar-refractivity contribution in [3.8, 4) is 0 Å². The smallest absolute Gasteiger partial charge is 0.220 e. The van der Waals surface area contributed by atoms with Gasteiger partial charge >= 0.3 is 0 Å². The molecule has 1 aromatic rings. The normalized spacial score (nSPS) is 16.3. The van der Waals surface area contributed by atoms with Crippen molar-refractivity contribution < 1.29 is 17.9 Å². The Morgan fingerprint density at radius 3 is 2.78 bits per heavy atom. The van der Waals surface area contributed by atoms with Crippen LogP contribution < -0.4 is 5.32 Å². The van der Waals surface area contributed by atoms with E-state index >= 15 is 0 Å². The van der Waals surface area contributed by atoms with Crippen LogP contribution in [0.5, 0.6) is 0 Å². The zero-order valence-corrected chi connectivity index (χ0v) is 14.8. The lowest BCUT2D eigenvalue weighted by Crippen LogP contribution is -2.43. The van der Waals surface area contributed by atoms with Crippen LogP contribution >= 0.6 is 11.3 Å². The molecule has 1 fully saturated rings. The van der Waals surface area contributed by atoms with Gasteiger partial charge in [0.25, 0.3) is 0 Å². The highest BCUT2D eigenvalue weighted by Crippen LogP contribution is 2.12. The second-order valence-corrected chi connectivity index (χ2v) is 8.58. The zero-order chi connectivity index (χ0) is 16.5. The highest BCUT2D eigenvalue weighted by atomic mass is 32.2. The number of unbranched alkanes of at least 4 members (excludes halogenated alkanes) is 1. The molecule has 0 radical (unpaired) electrons. The van der Waals surface area contributed by atoms with E-state index in [-0.39, 0.29) is 18.2 Å². The van der Waals surface area contributed by atoms with E-state index in [9.17, 15) is 13.2 Å². The van der Waals surface area contributed by atoms with Crippen molar-refractivity contribution >= 4 is 27.3 Å². The van der Waals surface area contributed by atoms with E-state index in [0.29, 0.717) is 32.7 Å². The Hall–Kier alpha value is -0.960. The average molecular weight is 361 g/mol. The fraction of sp³-hybridized carbons (Fsp3) is 0.667. The first-order valence-corrected chi connectivity index (χ1v) is 10.4. The van der Waals surface area contributed by atoms with E-state index in [1.165, 1.54) is 9.18 Å². The van der Waals surface area contributed by atoms with E-state index in [1.807, 2.05) is 6.07 Å². The number of ether oxygens (including phenoxy) is 1. The zero-order valence-electron chi connectivity index (χ0n) is 13.2. The molecule has 0 unspecified atom stereocenters. The molecule has 0 aromatic carbocycles. The molecule has 1 aromatic heterocycles. The molecule has 8 heteroatoms. The maximum atomic E-state index is 12.1. The summed E-state index contributed by atoms with van der Waals surface area (Å²) in [5, 5.41) is 4.75. The molecule has 1 aliphatic heterocycles. The van der Waals surface area contributed by atoms with E-state index in [4.69, 9.17) is 4.74 Å². The van der Waals surface area contributed by atoms with Crippen LogP contribution in [0.2, 0.25) is 0 Å². The molecule has 2 heterocycles. The van der Waals surface area contributed by atoms with E-state index in [1.54, 1.807) is 11.3 Å². The van der Waals surface area contributed by atoms with Gasteiger partial charge in [-0.1, -0.05) is 6.07 Å². The number of hydrogen-bond donors (Lipinski definition) is 1. The van der Waals surface area contributed by atoms with Crippen molar-refractivity contribution in [3.05, 3.63) is 22.4 Å². The summed E-state index contributed by atoms with van der Waals surface area (Å²) >= 11 is 1.73. The Bertz CT molecular complexity index is 566. The van der Waals surface area contributed by atoms with Gasteiger partial charge in [0.15, 0.2) is 0 Å². The van der Waals surface area contributed by atoms with Crippen LogP contribution in [0, 0.1) is 0 Å². The lowest BCUT2D eigenvalue weighted by Gasteiger charge is -2.26. The molecule has 1 amide bonds. The van der Waals surface area contributed by atoms with Gasteiger partial charge in [0, 0.05) is 30.9 Å². The maximum absolute atomic E-state index is 12.1. The first-order chi connectivity index (χ1) is 11.1. The molecule has 1 N–H and O–H groups in total. The third-order valence-corrected chi connectivity index (χ3v) is 6.51. The lowest BCUT2D eigenvalue weighted by molar-refractivity contribution is -0.121. The standard InChI is InChI=1S/C15H24N2O4S2/c18-15(6-2-1-4-14-5-3-12-22-14)16-7-13-23(19,20)17-8-10-21-11-9-17/h3,5,12H,1-2,4,6-11,13H2,(H,16,18). The Kier molecular flexibility index (Phi) is 7.48. The topological polar surface area (TPSA) is 75.7 Å². The summed E-state index contributed by atoms with van der Waals surface area (Å²) < 4.78 is 30.7. The molecule has 0 spiro atoms. The van der Waals surface area contributed by atoms with Crippen LogP contribution in [0.3, 0.4) is 0 Å². The van der Waals surface area contributed by atoms with Crippen molar-refractivity contribution in [2.24, 2.45) is 0 Å². The molecular weight excluding hydrogens is 336 g/mol. The van der Waals surface area contributed by atoms with Crippen LogP contribution in [0.4, 0.5) is 0 Å². The minimum Gasteiger partial charge on any atom is -0.379 e. The summed E-state index contributed by atoms with van der Waals surface area (Å²) in [4.78, 5) is 13.1. The summed E-state index contributed by atoms with van der Waals surface area (Å²) in [7, 11) is -3.29. The molecule has 0 atom stereocenters. The van der Waals surface area contributed by atoms with Gasteiger partial charge in [-0.15, -0.1) is 11.3 Å². The predicted octanol–water partition coefficient (Wildman–Crippen LogP) is 1.24. The number of morpholine rings is 1. The predicted molar refractivity (Wildman–Crippen MR) is 91.1 cm³/mol. The van der Waals surface area contributed by atoms with Crippen molar-refractivity contribution in [2.45, 2.75) is 25.7 Å². The Morgan fingerprint density at radius 1 is 1.30 bits per heavy atom. The summed E-state index contributed by atoms with van der Waals surface area (Å²) in [6, 6.07) is 4.13. The fourth-order valence-corrected chi connectivity index (χ4v) is 4.48. The Balaban J connectivity index is 1.57. The number of aryl methyl sites for hydroxylation is 1. The number of sulfonamides is 1. The fourth-order valence-electron chi connectivity index (χ4n) is 2.40. The SMILES string of the molecule is O=C(CCCCc1cccs1)NCCS(=O)(=O)N1CCOCC1. The van der Waals surface area contributed by atoms with E-state index < -0.39 is 10.0 Å². The van der Waals surface area contributed by atoms with Crippen LogP contribution in [0.25, 0.3) is 0 Å². The molecule has 130 valence electrons. The highest BCUT2D eigenvalue weighted by Gasteiger charge is 2.23. The van der Waals surface area contributed by atoms with Crippen LogP contribution in [-0.4, -0.2) is 57.2 Å². The van der Waals surface area contributed by atoms with Gasteiger partial charge < -0.3 is 10.1 Å². The second-order valence-electron chi connectivity index (χ2n) is 5.46. The molecule has 6 nitrogen and oxygen atoms in total. The quantitative estimate of drug-likeness (QED) is 0.672. The minimum atomic E-state index is -3.29. The number of hydrogen-bond acceptors (Lipinski definition) is 5. The Morgan fingerprint density at radius 2 is 2.09 bits per heavy atom. The average Bonchev–Trinajstić information content (AvgIpc) is 3.06. The third-order valence-electron chi connectivity index (χ3n) is 3.70. The number of nitrogens with one attached hydrogen (secondary N) is 1. The third kappa shape index (κ3) is 6.58. The van der Waals surface area contributed by atoms with Gasteiger partial charge in [0.1, 0.15) is 0 Å². The molecular formula is C15H24N2O4S2. The van der Waals surface area contributed by atoms with Gasteiger partial charge in [-0.25, -0.2) is 8.42 Å². The van der Waals surface area contributed by atoms with Crippen LogP contribution in [0.1, 0.15) is 24.1 Å².